The fourth-order valence-corrected chi connectivity index (χ4v) is 1.54. The molecule has 0 aliphatic carbocycles. The van der Waals surface area contributed by atoms with Crippen LogP contribution in [0.4, 0.5) is 4.39 Å². The number of alkyl halides is 1. The summed E-state index contributed by atoms with van der Waals surface area (Å²) < 4.78 is 13.3. The Morgan fingerprint density at radius 3 is 2.80 bits per heavy atom. The molecule has 1 aromatic carbocycles. The smallest absolute Gasteiger partial charge is 0.129 e. The lowest BCUT2D eigenvalue weighted by Gasteiger charge is -2.10. The van der Waals surface area contributed by atoms with Gasteiger partial charge in [0.2, 0.25) is 0 Å². The van der Waals surface area contributed by atoms with Crippen molar-refractivity contribution in [3.63, 3.8) is 0 Å². The zero-order valence-corrected chi connectivity index (χ0v) is 10.1. The molecule has 15 heavy (non-hydrogen) atoms. The maximum atomic E-state index is 13.3. The number of rotatable bonds is 5. The lowest BCUT2D eigenvalue weighted by Crippen LogP contribution is -2.22. The fraction of sp³-hybridized carbons (Fsp3) is 0.455. The van der Waals surface area contributed by atoms with Crippen LogP contribution in [0.1, 0.15) is 12.5 Å². The maximum absolute atomic E-state index is 13.3. The van der Waals surface area contributed by atoms with Crippen molar-refractivity contribution in [3.05, 3.63) is 34.6 Å². The van der Waals surface area contributed by atoms with Crippen LogP contribution < -0.4 is 5.32 Å². The van der Waals surface area contributed by atoms with E-state index in [0.29, 0.717) is 28.9 Å². The van der Waals surface area contributed by atoms with Crippen LogP contribution in [0.3, 0.4) is 0 Å². The molecule has 1 aromatic rings. The average molecular weight is 250 g/mol. The molecule has 0 radical (unpaired) electrons. The molecule has 0 saturated heterocycles. The second kappa shape index (κ2) is 6.31. The van der Waals surface area contributed by atoms with Crippen LogP contribution in [0.2, 0.25) is 5.02 Å². The molecule has 4 heteroatoms. The molecule has 0 aliphatic heterocycles. The van der Waals surface area contributed by atoms with Crippen LogP contribution in [0.25, 0.3) is 0 Å². The summed E-state index contributed by atoms with van der Waals surface area (Å²) >= 11 is 11.5. The summed E-state index contributed by atoms with van der Waals surface area (Å²) in [5.74, 6) is 0.698. The molecule has 1 rings (SSSR count). The van der Waals surface area contributed by atoms with Gasteiger partial charge in [0.1, 0.15) is 5.82 Å². The molecule has 0 heterocycles. The molecular weight excluding hydrogens is 236 g/mol. The van der Waals surface area contributed by atoms with E-state index in [-0.39, 0.29) is 5.82 Å². The van der Waals surface area contributed by atoms with Crippen molar-refractivity contribution in [1.82, 2.24) is 5.32 Å². The number of hydrogen-bond acceptors (Lipinski definition) is 1. The second-order valence-corrected chi connectivity index (χ2v) is 4.31. The Balaban J connectivity index is 2.50. The van der Waals surface area contributed by atoms with Crippen molar-refractivity contribution in [2.24, 2.45) is 5.92 Å². The number of nitrogens with one attached hydrogen (secondary N) is 1. The summed E-state index contributed by atoms with van der Waals surface area (Å²) in [7, 11) is 0. The molecule has 0 spiro atoms. The molecule has 0 fully saturated rings. The van der Waals surface area contributed by atoms with E-state index in [4.69, 9.17) is 23.2 Å². The Hall–Kier alpha value is -0.310. The highest BCUT2D eigenvalue weighted by Crippen LogP contribution is 2.18. The third-order valence-electron chi connectivity index (χ3n) is 2.12. The zero-order chi connectivity index (χ0) is 11.3. The van der Waals surface area contributed by atoms with Crippen molar-refractivity contribution < 1.29 is 4.39 Å². The van der Waals surface area contributed by atoms with E-state index in [0.717, 1.165) is 6.54 Å². The SMILES string of the molecule is CC(CCl)CNCc1c(F)cccc1Cl. The average Bonchev–Trinajstić information content (AvgIpc) is 2.22. The summed E-state index contributed by atoms with van der Waals surface area (Å²) in [6.45, 7) is 3.23. The molecular formula is C11H14Cl2FN. The summed E-state index contributed by atoms with van der Waals surface area (Å²) in [5.41, 5.74) is 0.515. The first kappa shape index (κ1) is 12.8. The molecule has 0 amide bonds. The van der Waals surface area contributed by atoms with Crippen molar-refractivity contribution in [2.45, 2.75) is 13.5 Å². The van der Waals surface area contributed by atoms with Crippen LogP contribution in [0.15, 0.2) is 18.2 Å². The quantitative estimate of drug-likeness (QED) is 0.789. The second-order valence-electron chi connectivity index (χ2n) is 3.59. The van der Waals surface area contributed by atoms with Gasteiger partial charge in [-0.2, -0.15) is 0 Å². The Bertz CT molecular complexity index is 297. The van der Waals surface area contributed by atoms with Crippen LogP contribution >= 0.6 is 23.2 Å². The van der Waals surface area contributed by atoms with Gasteiger partial charge in [-0.1, -0.05) is 24.6 Å². The summed E-state index contributed by atoms with van der Waals surface area (Å²) in [5, 5.41) is 3.58. The Labute approximate surface area is 99.6 Å². The van der Waals surface area contributed by atoms with Gasteiger partial charge in [0, 0.05) is 23.0 Å². The molecule has 1 atom stereocenters. The molecule has 1 N–H and O–H groups in total. The van der Waals surface area contributed by atoms with E-state index in [9.17, 15) is 4.39 Å². The molecule has 0 aromatic heterocycles. The number of halogens is 3. The van der Waals surface area contributed by atoms with Gasteiger partial charge in [0.15, 0.2) is 0 Å². The Morgan fingerprint density at radius 2 is 2.20 bits per heavy atom. The molecule has 1 unspecified atom stereocenters. The van der Waals surface area contributed by atoms with Gasteiger partial charge in [0.25, 0.3) is 0 Å². The first-order chi connectivity index (χ1) is 7.15. The predicted molar refractivity (Wildman–Crippen MR) is 63.0 cm³/mol. The standard InChI is InChI=1S/C11H14Cl2FN/c1-8(5-12)6-15-7-9-10(13)3-2-4-11(9)14/h2-4,8,15H,5-7H2,1H3. The van der Waals surface area contributed by atoms with Gasteiger partial charge < -0.3 is 5.32 Å². The predicted octanol–water partition coefficient (Wildman–Crippen LogP) is 3.44. The van der Waals surface area contributed by atoms with Crippen LogP contribution in [-0.4, -0.2) is 12.4 Å². The maximum Gasteiger partial charge on any atom is 0.129 e. The monoisotopic (exact) mass is 249 g/mol. The zero-order valence-electron chi connectivity index (χ0n) is 8.56. The minimum absolute atomic E-state index is 0.270. The van der Waals surface area contributed by atoms with Crippen LogP contribution in [0, 0.1) is 11.7 Å². The number of benzene rings is 1. The summed E-state index contributed by atoms with van der Waals surface area (Å²) in [6, 6.07) is 4.70. The van der Waals surface area contributed by atoms with Gasteiger partial charge >= 0.3 is 0 Å². The van der Waals surface area contributed by atoms with E-state index in [2.05, 4.69) is 5.32 Å². The number of hydrogen-bond donors (Lipinski definition) is 1. The Kier molecular flexibility index (Phi) is 5.37. The first-order valence-electron chi connectivity index (χ1n) is 4.84. The minimum Gasteiger partial charge on any atom is -0.312 e. The van der Waals surface area contributed by atoms with Crippen molar-refractivity contribution >= 4 is 23.2 Å². The summed E-state index contributed by atoms with van der Waals surface area (Å²) in [6.07, 6.45) is 0. The first-order valence-corrected chi connectivity index (χ1v) is 5.76. The molecule has 0 aliphatic rings. The molecule has 0 saturated carbocycles. The molecule has 1 nitrogen and oxygen atoms in total. The third-order valence-corrected chi connectivity index (χ3v) is 3.00. The molecule has 0 bridgehead atoms. The fourth-order valence-electron chi connectivity index (χ4n) is 1.20. The van der Waals surface area contributed by atoms with Gasteiger partial charge in [-0.3, -0.25) is 0 Å². The van der Waals surface area contributed by atoms with E-state index in [1.165, 1.54) is 6.07 Å². The van der Waals surface area contributed by atoms with Gasteiger partial charge in [-0.25, -0.2) is 4.39 Å². The van der Waals surface area contributed by atoms with Crippen molar-refractivity contribution in [2.75, 3.05) is 12.4 Å². The van der Waals surface area contributed by atoms with Gasteiger partial charge in [-0.05, 0) is 24.6 Å². The topological polar surface area (TPSA) is 12.0 Å². The lowest BCUT2D eigenvalue weighted by atomic mass is 10.2. The lowest BCUT2D eigenvalue weighted by molar-refractivity contribution is 0.538. The van der Waals surface area contributed by atoms with E-state index in [1.807, 2.05) is 6.92 Å². The van der Waals surface area contributed by atoms with E-state index >= 15 is 0 Å². The van der Waals surface area contributed by atoms with E-state index in [1.54, 1.807) is 12.1 Å². The van der Waals surface area contributed by atoms with Crippen molar-refractivity contribution in [1.29, 1.82) is 0 Å². The van der Waals surface area contributed by atoms with Gasteiger partial charge in [0.05, 0.1) is 0 Å². The van der Waals surface area contributed by atoms with Gasteiger partial charge in [-0.15, -0.1) is 11.6 Å². The highest BCUT2D eigenvalue weighted by atomic mass is 35.5. The minimum atomic E-state index is -0.270. The van der Waals surface area contributed by atoms with Crippen LogP contribution in [-0.2, 0) is 6.54 Å². The van der Waals surface area contributed by atoms with Crippen molar-refractivity contribution in [3.8, 4) is 0 Å². The summed E-state index contributed by atoms with van der Waals surface area (Å²) in [4.78, 5) is 0. The molecule has 84 valence electrons. The largest absolute Gasteiger partial charge is 0.312 e. The van der Waals surface area contributed by atoms with Crippen LogP contribution in [0.5, 0.6) is 0 Å². The van der Waals surface area contributed by atoms with E-state index < -0.39 is 0 Å². The highest BCUT2D eigenvalue weighted by molar-refractivity contribution is 6.31. The Morgan fingerprint density at radius 1 is 1.47 bits per heavy atom. The highest BCUT2D eigenvalue weighted by Gasteiger charge is 2.06. The normalized spacial score (nSPS) is 12.8. The third kappa shape index (κ3) is 3.98.